The van der Waals surface area contributed by atoms with Crippen molar-refractivity contribution in [1.82, 2.24) is 26.6 Å². The van der Waals surface area contributed by atoms with Gasteiger partial charge >= 0.3 is 5.97 Å². The fraction of sp³-hybridized carbons (Fsp3) is 0.839. The van der Waals surface area contributed by atoms with Crippen molar-refractivity contribution in [1.29, 1.82) is 5.41 Å². The molecule has 0 aromatic carbocycles. The molecular formula is C62H126N12O11. The molecule has 0 spiro atoms. The number of carbonyl (C=O) groups excluding carboxylic acids is 6. The molecule has 0 atom stereocenters. The maximum atomic E-state index is 11.4. The monoisotopic (exact) mass is 1210 g/mol. The van der Waals surface area contributed by atoms with E-state index in [1.807, 2.05) is 41.5 Å². The maximum Gasteiger partial charge on any atom is 0.305 e. The highest BCUT2D eigenvalue weighted by Crippen LogP contribution is 2.08. The first-order valence-corrected chi connectivity index (χ1v) is 31.3. The summed E-state index contributed by atoms with van der Waals surface area (Å²) in [5, 5.41) is 21.8. The summed E-state index contributed by atoms with van der Waals surface area (Å²) in [5.41, 5.74) is 16.1. The number of nitrogens with one attached hydrogen (secondary N) is 6. The zero-order chi connectivity index (χ0) is 65.5. The standard InChI is InChI=1S/C14H29N3O2.C14H28N2O2.C12H25N3O2.C12H23NO3.C10H21N3O2/c1-12(2)11-13(18)16-9-7-5-4-6-8-10-17-14(15)19-3;1-12(2)11-14(17)16-10-8-6-4-5-7-9-13(15)18-3;1-10(2)9-11(16)14-7-5-4-6-8-15-12(13)17-3;1-10(2)9-11(14)13-8-6-4-5-7-12(15)16-3;1-8(2)7-9(14)12-5-4-6-13-10(11)15-3/h12H,4-11H2,1-3H3,(H2,15,17)(H,16,18);12,15H,4-11H2,1-3H3,(H,16,17);10H,4-9H2,1-3H3,(H2,13,15)(H,14,16);10H,4-9H2,1-3H3,(H,13,14);8H,4-7H2,1-3H3,(H2,11,13)(H,12,14). The Kier molecular flexibility index (Phi) is 67.9. The van der Waals surface area contributed by atoms with Gasteiger partial charge < -0.3 is 67.5 Å². The van der Waals surface area contributed by atoms with Gasteiger partial charge in [0, 0.05) is 97.3 Å². The van der Waals surface area contributed by atoms with E-state index < -0.39 is 0 Å². The number of amidine groups is 3. The lowest BCUT2D eigenvalue weighted by molar-refractivity contribution is -0.140. The number of hydrogen-bond acceptors (Lipinski definition) is 15. The summed E-state index contributed by atoms with van der Waals surface area (Å²) in [6.07, 6.45) is 21.7. The molecule has 0 aliphatic rings. The molecule has 0 heterocycles. The van der Waals surface area contributed by atoms with Gasteiger partial charge in [-0.15, -0.1) is 0 Å². The fourth-order valence-electron chi connectivity index (χ4n) is 7.09. The molecule has 0 aliphatic carbocycles. The first-order valence-electron chi connectivity index (χ1n) is 31.3. The molecule has 0 aromatic rings. The molecule has 0 aromatic heterocycles. The third-order valence-electron chi connectivity index (χ3n) is 11.6. The Bertz CT molecular complexity index is 1750. The number of aliphatic imine (C=N–C) groups is 3. The van der Waals surface area contributed by atoms with Gasteiger partial charge in [-0.1, -0.05) is 114 Å². The molecule has 0 saturated carbocycles. The highest BCUT2D eigenvalue weighted by Gasteiger charge is 2.08. The van der Waals surface area contributed by atoms with Crippen molar-refractivity contribution < 1.29 is 52.5 Å². The van der Waals surface area contributed by atoms with Crippen molar-refractivity contribution >= 4 is 59.5 Å². The van der Waals surface area contributed by atoms with E-state index in [1.165, 1.54) is 34.9 Å². The first-order chi connectivity index (χ1) is 40.3. The predicted octanol–water partition coefficient (Wildman–Crippen LogP) is 8.84. The Labute approximate surface area is 515 Å². The zero-order valence-corrected chi connectivity index (χ0v) is 56.1. The van der Waals surface area contributed by atoms with Crippen LogP contribution in [-0.4, -0.2) is 147 Å². The van der Waals surface area contributed by atoms with Gasteiger partial charge in [-0.05, 0) is 93.8 Å². The summed E-state index contributed by atoms with van der Waals surface area (Å²) in [4.78, 5) is 79.2. The zero-order valence-electron chi connectivity index (χ0n) is 56.1. The molecule has 500 valence electrons. The Morgan fingerprint density at radius 3 is 0.847 bits per heavy atom. The second kappa shape index (κ2) is 65.6. The lowest BCUT2D eigenvalue weighted by atomic mass is 10.1. The predicted molar refractivity (Wildman–Crippen MR) is 347 cm³/mol. The van der Waals surface area contributed by atoms with E-state index in [0.717, 1.165) is 135 Å². The van der Waals surface area contributed by atoms with Crippen molar-refractivity contribution in [2.45, 2.75) is 223 Å². The molecule has 0 rings (SSSR count). The molecule has 23 heteroatoms. The summed E-state index contributed by atoms with van der Waals surface area (Å²) in [7, 11) is 7.44. The quantitative estimate of drug-likeness (QED) is 0.0119. The molecule has 5 amide bonds. The van der Waals surface area contributed by atoms with Crippen LogP contribution in [-0.2, 0) is 52.5 Å². The van der Waals surface area contributed by atoms with Gasteiger partial charge in [0.05, 0.1) is 35.5 Å². The molecule has 23 nitrogen and oxygen atoms in total. The average Bonchev–Trinajstić information content (AvgIpc) is 3.43. The van der Waals surface area contributed by atoms with E-state index in [-0.39, 0.29) is 53.6 Å². The smallest absolute Gasteiger partial charge is 0.305 e. The van der Waals surface area contributed by atoms with Crippen LogP contribution in [0.15, 0.2) is 15.0 Å². The summed E-state index contributed by atoms with van der Waals surface area (Å²) in [6.45, 7) is 26.0. The molecule has 0 bridgehead atoms. The largest absolute Gasteiger partial charge is 0.484 e. The third kappa shape index (κ3) is 82.4. The van der Waals surface area contributed by atoms with Gasteiger partial charge in [0.25, 0.3) is 18.1 Å². The number of esters is 1. The van der Waals surface area contributed by atoms with E-state index in [2.05, 4.69) is 78.7 Å². The van der Waals surface area contributed by atoms with Gasteiger partial charge in [0.1, 0.15) is 0 Å². The van der Waals surface area contributed by atoms with Gasteiger partial charge in [-0.3, -0.25) is 34.2 Å². The van der Waals surface area contributed by atoms with E-state index in [4.69, 9.17) is 36.8 Å². The minimum atomic E-state index is -0.163. The number of nitrogens with zero attached hydrogens (tertiary/aromatic N) is 3. The highest BCUT2D eigenvalue weighted by atomic mass is 16.5. The minimum absolute atomic E-state index is 0.0914. The number of ether oxygens (including phenoxy) is 5. The van der Waals surface area contributed by atoms with Crippen LogP contribution < -0.4 is 43.8 Å². The first kappa shape index (κ1) is 87.9. The number of methoxy groups -OCH3 is 5. The van der Waals surface area contributed by atoms with E-state index in [1.54, 1.807) is 7.11 Å². The van der Waals surface area contributed by atoms with Crippen LogP contribution in [0.25, 0.3) is 0 Å². The molecule has 0 fully saturated rings. The topological polar surface area (TPSA) is 348 Å². The van der Waals surface area contributed by atoms with Gasteiger partial charge in [-0.25, -0.2) is 15.0 Å². The van der Waals surface area contributed by atoms with Crippen molar-refractivity contribution in [3.05, 3.63) is 0 Å². The average molecular weight is 1220 g/mol. The summed E-state index contributed by atoms with van der Waals surface area (Å²) in [6, 6.07) is 0.673. The SMILES string of the molecule is COC(=N)CCCCCCCNC(=O)CC(C)C.COC(=O)CCCCCNC(=O)CC(C)C.COC(N)=NCCCCCCCNC(=O)CC(C)C.COC(N)=NCCCCCNC(=O)CC(C)C.COC(N)=NCCCNC(=O)CC(C)C. The van der Waals surface area contributed by atoms with Crippen molar-refractivity contribution in [2.75, 3.05) is 87.9 Å². The van der Waals surface area contributed by atoms with Gasteiger partial charge in [0.15, 0.2) is 5.90 Å². The fourth-order valence-corrected chi connectivity index (χ4v) is 7.09. The third-order valence-corrected chi connectivity index (χ3v) is 11.6. The summed E-state index contributed by atoms with van der Waals surface area (Å²) in [5.74, 6) is 2.96. The number of carbonyl (C=O) groups is 6. The molecule has 85 heavy (non-hydrogen) atoms. The van der Waals surface area contributed by atoms with Crippen LogP contribution in [0.3, 0.4) is 0 Å². The van der Waals surface area contributed by atoms with Crippen LogP contribution in [0.1, 0.15) is 223 Å². The van der Waals surface area contributed by atoms with E-state index in [0.29, 0.717) is 100 Å². The number of rotatable bonds is 42. The number of hydrogen-bond donors (Lipinski definition) is 9. The molecule has 0 radical (unpaired) electrons. The van der Waals surface area contributed by atoms with Crippen LogP contribution >= 0.6 is 0 Å². The van der Waals surface area contributed by atoms with Crippen LogP contribution in [0, 0.1) is 35.0 Å². The molecule has 12 N–H and O–H groups in total. The molecule has 0 aliphatic heterocycles. The Balaban J connectivity index is -0.000000314. The molecule has 0 unspecified atom stereocenters. The Morgan fingerprint density at radius 2 is 0.565 bits per heavy atom. The van der Waals surface area contributed by atoms with Gasteiger partial charge in [-0.2, -0.15) is 0 Å². The van der Waals surface area contributed by atoms with E-state index >= 15 is 0 Å². The number of nitrogens with two attached hydrogens (primary N) is 3. The van der Waals surface area contributed by atoms with Crippen LogP contribution in [0.5, 0.6) is 0 Å². The molecule has 0 saturated heterocycles. The second-order valence-corrected chi connectivity index (χ2v) is 22.7. The summed E-state index contributed by atoms with van der Waals surface area (Å²) < 4.78 is 23.5. The highest BCUT2D eigenvalue weighted by molar-refractivity contribution is 5.78. The van der Waals surface area contributed by atoms with Crippen molar-refractivity contribution in [3.8, 4) is 0 Å². The van der Waals surface area contributed by atoms with E-state index in [9.17, 15) is 28.8 Å². The van der Waals surface area contributed by atoms with Crippen molar-refractivity contribution in [3.63, 3.8) is 0 Å². The Hall–Kier alpha value is -5.90. The normalized spacial score (nSPS) is 11.1. The van der Waals surface area contributed by atoms with Crippen molar-refractivity contribution in [2.24, 2.45) is 61.8 Å². The maximum absolute atomic E-state index is 11.4. The lowest BCUT2D eigenvalue weighted by Gasteiger charge is -2.07. The number of amides is 5. The molecular weight excluding hydrogens is 1090 g/mol. The van der Waals surface area contributed by atoms with Crippen LogP contribution in [0.2, 0.25) is 0 Å². The van der Waals surface area contributed by atoms with Crippen LogP contribution in [0.4, 0.5) is 0 Å². The van der Waals surface area contributed by atoms with Gasteiger partial charge in [0.2, 0.25) is 29.5 Å². The summed E-state index contributed by atoms with van der Waals surface area (Å²) >= 11 is 0. The minimum Gasteiger partial charge on any atom is -0.484 e. The lowest BCUT2D eigenvalue weighted by Crippen LogP contribution is -2.26. The number of unbranched alkanes of at least 4 members (excludes halogenated alkanes) is 12. The second-order valence-electron chi connectivity index (χ2n) is 22.7. The Morgan fingerprint density at radius 1 is 0.329 bits per heavy atom.